The Kier molecular flexibility index (Phi) is 4.03. The SMILES string of the molecule is Cc1ccc(OCc2cc(Br)cc3c2OCC3)c(Br)c1. The third-order valence-corrected chi connectivity index (χ3v) is 4.37. The van der Waals surface area contributed by atoms with Crippen LogP contribution >= 0.6 is 31.9 Å². The Morgan fingerprint density at radius 1 is 1.20 bits per heavy atom. The van der Waals surface area contributed by atoms with Gasteiger partial charge in [0.25, 0.3) is 0 Å². The molecule has 1 aliphatic heterocycles. The lowest BCUT2D eigenvalue weighted by Crippen LogP contribution is -1.99. The van der Waals surface area contributed by atoms with Gasteiger partial charge in [-0.25, -0.2) is 0 Å². The number of hydrogen-bond acceptors (Lipinski definition) is 2. The lowest BCUT2D eigenvalue weighted by molar-refractivity contribution is 0.290. The zero-order valence-corrected chi connectivity index (χ0v) is 14.3. The normalized spacial score (nSPS) is 12.9. The molecule has 0 unspecified atom stereocenters. The molecule has 0 aromatic heterocycles. The minimum Gasteiger partial charge on any atom is -0.493 e. The van der Waals surface area contributed by atoms with Crippen LogP contribution in [0.2, 0.25) is 0 Å². The van der Waals surface area contributed by atoms with E-state index in [0.717, 1.165) is 39.0 Å². The molecule has 0 saturated heterocycles. The summed E-state index contributed by atoms with van der Waals surface area (Å²) in [6.45, 7) is 3.32. The van der Waals surface area contributed by atoms with E-state index in [4.69, 9.17) is 9.47 Å². The summed E-state index contributed by atoms with van der Waals surface area (Å²) in [6.07, 6.45) is 0.968. The van der Waals surface area contributed by atoms with Crippen LogP contribution in [-0.4, -0.2) is 6.61 Å². The van der Waals surface area contributed by atoms with Gasteiger partial charge in [0.15, 0.2) is 0 Å². The molecule has 0 N–H and O–H groups in total. The molecule has 0 amide bonds. The van der Waals surface area contributed by atoms with Gasteiger partial charge >= 0.3 is 0 Å². The van der Waals surface area contributed by atoms with E-state index in [9.17, 15) is 0 Å². The Labute approximate surface area is 135 Å². The zero-order chi connectivity index (χ0) is 14.1. The van der Waals surface area contributed by atoms with Gasteiger partial charge in [-0.3, -0.25) is 0 Å². The highest BCUT2D eigenvalue weighted by Gasteiger charge is 2.18. The van der Waals surface area contributed by atoms with Gasteiger partial charge in [0, 0.05) is 16.5 Å². The molecule has 104 valence electrons. The van der Waals surface area contributed by atoms with Crippen molar-refractivity contribution in [2.45, 2.75) is 20.0 Å². The van der Waals surface area contributed by atoms with Crippen molar-refractivity contribution in [1.82, 2.24) is 0 Å². The van der Waals surface area contributed by atoms with Gasteiger partial charge in [-0.2, -0.15) is 0 Å². The maximum atomic E-state index is 5.91. The average Bonchev–Trinajstić information content (AvgIpc) is 2.85. The van der Waals surface area contributed by atoms with E-state index in [1.165, 1.54) is 11.1 Å². The molecule has 0 aliphatic carbocycles. The molecule has 4 heteroatoms. The second-order valence-electron chi connectivity index (χ2n) is 4.87. The second-order valence-corrected chi connectivity index (χ2v) is 6.64. The molecular weight excluding hydrogens is 384 g/mol. The van der Waals surface area contributed by atoms with Crippen LogP contribution in [0.3, 0.4) is 0 Å². The van der Waals surface area contributed by atoms with Crippen LogP contribution in [0.4, 0.5) is 0 Å². The van der Waals surface area contributed by atoms with Crippen LogP contribution in [0.5, 0.6) is 11.5 Å². The summed E-state index contributed by atoms with van der Waals surface area (Å²) in [7, 11) is 0. The number of halogens is 2. The molecule has 2 aromatic carbocycles. The number of rotatable bonds is 3. The fourth-order valence-electron chi connectivity index (χ4n) is 2.33. The molecule has 0 saturated carbocycles. The molecule has 2 aromatic rings. The number of fused-ring (bicyclic) bond motifs is 1. The molecule has 1 aliphatic rings. The van der Waals surface area contributed by atoms with Crippen molar-refractivity contribution in [3.63, 3.8) is 0 Å². The van der Waals surface area contributed by atoms with E-state index < -0.39 is 0 Å². The molecule has 0 spiro atoms. The summed E-state index contributed by atoms with van der Waals surface area (Å²) in [5, 5.41) is 0. The van der Waals surface area contributed by atoms with Crippen LogP contribution in [-0.2, 0) is 13.0 Å². The van der Waals surface area contributed by atoms with Gasteiger partial charge in [-0.1, -0.05) is 22.0 Å². The molecule has 2 nitrogen and oxygen atoms in total. The van der Waals surface area contributed by atoms with E-state index in [0.29, 0.717) is 6.61 Å². The third kappa shape index (κ3) is 2.86. The maximum Gasteiger partial charge on any atom is 0.134 e. The summed E-state index contributed by atoms with van der Waals surface area (Å²) in [5.41, 5.74) is 3.54. The van der Waals surface area contributed by atoms with Gasteiger partial charge in [0.1, 0.15) is 18.1 Å². The van der Waals surface area contributed by atoms with Crippen molar-refractivity contribution >= 4 is 31.9 Å². The van der Waals surface area contributed by atoms with Crippen molar-refractivity contribution in [1.29, 1.82) is 0 Å². The standard InChI is InChI=1S/C16H14Br2O2/c1-10-2-3-15(14(18)6-10)20-9-12-8-13(17)7-11-4-5-19-16(11)12/h2-3,6-8H,4-5,9H2,1H3. The van der Waals surface area contributed by atoms with Gasteiger partial charge in [0.2, 0.25) is 0 Å². The van der Waals surface area contributed by atoms with Crippen molar-refractivity contribution in [3.05, 3.63) is 56.0 Å². The lowest BCUT2D eigenvalue weighted by Gasteiger charge is -2.12. The van der Waals surface area contributed by atoms with Crippen LogP contribution in [0.1, 0.15) is 16.7 Å². The van der Waals surface area contributed by atoms with Crippen molar-refractivity contribution in [2.75, 3.05) is 6.61 Å². The smallest absolute Gasteiger partial charge is 0.134 e. The average molecular weight is 398 g/mol. The first-order chi connectivity index (χ1) is 9.63. The minimum atomic E-state index is 0.503. The first kappa shape index (κ1) is 14.0. The summed E-state index contributed by atoms with van der Waals surface area (Å²) in [5.74, 6) is 1.83. The van der Waals surface area contributed by atoms with Gasteiger partial charge < -0.3 is 9.47 Å². The Morgan fingerprint density at radius 3 is 2.85 bits per heavy atom. The van der Waals surface area contributed by atoms with Gasteiger partial charge in [-0.05, 0) is 58.2 Å². The molecule has 0 atom stereocenters. The van der Waals surface area contributed by atoms with Crippen molar-refractivity contribution in [3.8, 4) is 11.5 Å². The summed E-state index contributed by atoms with van der Waals surface area (Å²) < 4.78 is 13.7. The first-order valence-corrected chi connectivity index (χ1v) is 8.05. The highest BCUT2D eigenvalue weighted by atomic mass is 79.9. The Morgan fingerprint density at radius 2 is 2.05 bits per heavy atom. The van der Waals surface area contributed by atoms with E-state index >= 15 is 0 Å². The fourth-order valence-corrected chi connectivity index (χ4v) is 3.49. The number of aryl methyl sites for hydroxylation is 1. The third-order valence-electron chi connectivity index (χ3n) is 3.30. The predicted molar refractivity (Wildman–Crippen MR) is 86.6 cm³/mol. The summed E-state index contributed by atoms with van der Waals surface area (Å²) in [6, 6.07) is 10.3. The molecular formula is C16H14Br2O2. The molecule has 0 fully saturated rings. The summed E-state index contributed by atoms with van der Waals surface area (Å²) >= 11 is 7.08. The fraction of sp³-hybridized carbons (Fsp3) is 0.250. The maximum absolute atomic E-state index is 5.91. The van der Waals surface area contributed by atoms with Crippen LogP contribution < -0.4 is 9.47 Å². The van der Waals surface area contributed by atoms with Crippen LogP contribution in [0, 0.1) is 6.92 Å². The number of ether oxygens (including phenoxy) is 2. The highest BCUT2D eigenvalue weighted by Crippen LogP contribution is 2.34. The Bertz CT molecular complexity index is 653. The van der Waals surface area contributed by atoms with E-state index in [2.05, 4.69) is 57.0 Å². The van der Waals surface area contributed by atoms with E-state index in [1.54, 1.807) is 0 Å². The lowest BCUT2D eigenvalue weighted by atomic mass is 10.1. The zero-order valence-electron chi connectivity index (χ0n) is 11.1. The van der Waals surface area contributed by atoms with Gasteiger partial charge in [-0.15, -0.1) is 0 Å². The molecule has 0 bridgehead atoms. The van der Waals surface area contributed by atoms with E-state index in [-0.39, 0.29) is 0 Å². The van der Waals surface area contributed by atoms with Crippen molar-refractivity contribution < 1.29 is 9.47 Å². The minimum absolute atomic E-state index is 0.503. The molecule has 20 heavy (non-hydrogen) atoms. The largest absolute Gasteiger partial charge is 0.493 e. The molecule has 0 radical (unpaired) electrons. The number of benzene rings is 2. The number of hydrogen-bond donors (Lipinski definition) is 0. The Hall–Kier alpha value is -1.00. The predicted octanol–water partition coefficient (Wildman–Crippen LogP) is 5.03. The first-order valence-electron chi connectivity index (χ1n) is 6.46. The molecule has 3 rings (SSSR count). The highest BCUT2D eigenvalue weighted by molar-refractivity contribution is 9.10. The van der Waals surface area contributed by atoms with Gasteiger partial charge in [0.05, 0.1) is 11.1 Å². The topological polar surface area (TPSA) is 18.5 Å². The quantitative estimate of drug-likeness (QED) is 0.722. The Balaban J connectivity index is 1.82. The molecule has 1 heterocycles. The van der Waals surface area contributed by atoms with Crippen molar-refractivity contribution in [2.24, 2.45) is 0 Å². The van der Waals surface area contributed by atoms with Crippen LogP contribution in [0.15, 0.2) is 39.3 Å². The van der Waals surface area contributed by atoms with Crippen LogP contribution in [0.25, 0.3) is 0 Å². The van der Waals surface area contributed by atoms with E-state index in [1.807, 2.05) is 12.1 Å². The monoisotopic (exact) mass is 396 g/mol. The second kappa shape index (κ2) is 5.78. The summed E-state index contributed by atoms with van der Waals surface area (Å²) in [4.78, 5) is 0.